The Hall–Kier alpha value is -1.71. The van der Waals surface area contributed by atoms with E-state index in [2.05, 4.69) is 31.3 Å². The number of aryl methyl sites for hydroxylation is 1. The van der Waals surface area contributed by atoms with Crippen molar-refractivity contribution in [3.05, 3.63) is 35.1 Å². The molecule has 1 N–H and O–H groups in total. The maximum Gasteiger partial charge on any atom is 0.271 e. The molecule has 1 aromatic carbocycles. The number of carbonyl (C=O) groups excluding carboxylic acids is 1. The second-order valence-electron chi connectivity index (χ2n) is 7.46. The molecule has 4 heteroatoms. The first kappa shape index (κ1) is 15.2. The molecule has 0 heterocycles. The van der Waals surface area contributed by atoms with Crippen LogP contribution in [-0.2, 0) is 0 Å². The number of hydrogen-bond donors (Lipinski definition) is 1. The van der Waals surface area contributed by atoms with Crippen LogP contribution in [0.1, 0.15) is 56.0 Å². The normalized spacial score (nSPS) is 30.8. The Kier molecular flexibility index (Phi) is 3.38. The number of carbonyl (C=O) groups is 1. The topological polar surface area (TPSA) is 41.5 Å². The Bertz CT molecular complexity index is 665. The van der Waals surface area contributed by atoms with Gasteiger partial charge in [-0.15, -0.1) is 0 Å². The van der Waals surface area contributed by atoms with Crippen LogP contribution < -0.4 is 5.43 Å². The number of hydrogen-bond acceptors (Lipinski definition) is 2. The van der Waals surface area contributed by atoms with E-state index >= 15 is 0 Å². The first-order valence-electron chi connectivity index (χ1n) is 7.89. The van der Waals surface area contributed by atoms with E-state index in [1.54, 1.807) is 19.1 Å². The van der Waals surface area contributed by atoms with Gasteiger partial charge < -0.3 is 0 Å². The molecule has 0 spiro atoms. The number of amides is 1. The molecular weight excluding hydrogens is 279 g/mol. The first-order valence-corrected chi connectivity index (χ1v) is 7.89. The SMILES string of the molecule is Cc1ccc(C(=O)N/N=C2/C[C@@H]3CC[C@@]2(C)C3(C)C)cc1F. The zero-order valence-corrected chi connectivity index (χ0v) is 13.7. The predicted octanol–water partition coefficient (Wildman–Crippen LogP) is 4.07. The average molecular weight is 302 g/mol. The van der Waals surface area contributed by atoms with E-state index in [0.29, 0.717) is 17.0 Å². The summed E-state index contributed by atoms with van der Waals surface area (Å²) in [5.74, 6) is -0.0751. The van der Waals surface area contributed by atoms with Crippen molar-refractivity contribution in [2.24, 2.45) is 21.8 Å². The van der Waals surface area contributed by atoms with Gasteiger partial charge in [0.15, 0.2) is 0 Å². The minimum atomic E-state index is -0.367. The third-order valence-electron chi connectivity index (χ3n) is 6.24. The molecule has 2 fully saturated rings. The molecule has 1 aromatic rings. The highest BCUT2D eigenvalue weighted by Crippen LogP contribution is 2.63. The molecule has 2 aliphatic carbocycles. The molecule has 2 atom stereocenters. The summed E-state index contributed by atoms with van der Waals surface area (Å²) in [6.45, 7) is 8.51. The Morgan fingerprint density at radius 2 is 2.09 bits per heavy atom. The minimum absolute atomic E-state index is 0.0590. The predicted molar refractivity (Wildman–Crippen MR) is 85.3 cm³/mol. The molecule has 0 radical (unpaired) electrons. The Morgan fingerprint density at radius 3 is 2.64 bits per heavy atom. The van der Waals surface area contributed by atoms with E-state index in [0.717, 1.165) is 18.6 Å². The fourth-order valence-corrected chi connectivity index (χ4v) is 4.01. The number of hydrazone groups is 1. The molecule has 1 amide bonds. The van der Waals surface area contributed by atoms with Crippen LogP contribution in [-0.4, -0.2) is 11.6 Å². The second-order valence-corrected chi connectivity index (χ2v) is 7.46. The minimum Gasteiger partial charge on any atom is -0.267 e. The van der Waals surface area contributed by atoms with Crippen molar-refractivity contribution < 1.29 is 9.18 Å². The number of benzene rings is 1. The highest BCUT2D eigenvalue weighted by Gasteiger charge is 2.59. The fourth-order valence-electron chi connectivity index (χ4n) is 4.01. The number of halogens is 1. The van der Waals surface area contributed by atoms with E-state index in [1.807, 2.05) is 0 Å². The number of fused-ring (bicyclic) bond motifs is 2. The molecule has 2 bridgehead atoms. The van der Waals surface area contributed by atoms with Gasteiger partial charge in [0.1, 0.15) is 5.82 Å². The van der Waals surface area contributed by atoms with Gasteiger partial charge in [0, 0.05) is 16.7 Å². The van der Waals surface area contributed by atoms with E-state index in [-0.39, 0.29) is 22.6 Å². The lowest BCUT2D eigenvalue weighted by molar-refractivity contribution is 0.0953. The van der Waals surface area contributed by atoms with Gasteiger partial charge in [-0.2, -0.15) is 5.10 Å². The highest BCUT2D eigenvalue weighted by atomic mass is 19.1. The van der Waals surface area contributed by atoms with E-state index in [9.17, 15) is 9.18 Å². The molecule has 2 aliphatic rings. The lowest BCUT2D eigenvalue weighted by Gasteiger charge is -2.34. The van der Waals surface area contributed by atoms with E-state index in [4.69, 9.17) is 0 Å². The summed E-state index contributed by atoms with van der Waals surface area (Å²) >= 11 is 0. The van der Waals surface area contributed by atoms with Gasteiger partial charge in [0.2, 0.25) is 0 Å². The standard InChI is InChI=1S/C18H23FN2O/c1-11-5-6-12(9-14(11)19)16(22)21-20-15-10-13-7-8-18(15,4)17(13,2)3/h5-6,9,13H,7-8,10H2,1-4H3,(H,21,22)/b20-15-/t13-,18+/m0/s1. The average Bonchev–Trinajstić information content (AvgIpc) is 2.80. The Labute approximate surface area is 131 Å². The van der Waals surface area contributed by atoms with Gasteiger partial charge >= 0.3 is 0 Å². The fraction of sp³-hybridized carbons (Fsp3) is 0.556. The molecule has 22 heavy (non-hydrogen) atoms. The second kappa shape index (κ2) is 4.90. The van der Waals surface area contributed by atoms with Gasteiger partial charge in [-0.05, 0) is 55.2 Å². The molecule has 3 rings (SSSR count). The first-order chi connectivity index (χ1) is 10.3. The van der Waals surface area contributed by atoms with Crippen LogP contribution >= 0.6 is 0 Å². The highest BCUT2D eigenvalue weighted by molar-refractivity contribution is 5.98. The molecule has 0 unspecified atom stereocenters. The summed E-state index contributed by atoms with van der Waals surface area (Å²) in [6.07, 6.45) is 3.31. The maximum absolute atomic E-state index is 13.6. The molecule has 3 nitrogen and oxygen atoms in total. The largest absolute Gasteiger partial charge is 0.271 e. The van der Waals surface area contributed by atoms with Crippen molar-refractivity contribution in [3.8, 4) is 0 Å². The van der Waals surface area contributed by atoms with Gasteiger partial charge in [-0.25, -0.2) is 9.82 Å². The van der Waals surface area contributed by atoms with E-state index < -0.39 is 0 Å². The summed E-state index contributed by atoms with van der Waals surface area (Å²) in [6, 6.07) is 4.50. The van der Waals surface area contributed by atoms with Gasteiger partial charge in [0.05, 0.1) is 0 Å². The van der Waals surface area contributed by atoms with Crippen molar-refractivity contribution in [3.63, 3.8) is 0 Å². The summed E-state index contributed by atoms with van der Waals surface area (Å²) < 4.78 is 13.6. The molecule has 0 aliphatic heterocycles. The van der Waals surface area contributed by atoms with Crippen LogP contribution in [0.4, 0.5) is 4.39 Å². The van der Waals surface area contributed by atoms with Crippen molar-refractivity contribution >= 4 is 11.6 Å². The van der Waals surface area contributed by atoms with Gasteiger partial charge in [-0.1, -0.05) is 26.8 Å². The van der Waals surface area contributed by atoms with Crippen LogP contribution in [0.2, 0.25) is 0 Å². The van der Waals surface area contributed by atoms with Crippen LogP contribution in [0.25, 0.3) is 0 Å². The number of nitrogens with zero attached hydrogens (tertiary/aromatic N) is 1. The number of nitrogens with one attached hydrogen (secondary N) is 1. The Balaban J connectivity index is 1.78. The summed E-state index contributed by atoms with van der Waals surface area (Å²) in [5.41, 5.74) is 4.82. The van der Waals surface area contributed by atoms with Crippen molar-refractivity contribution in [2.45, 2.75) is 47.0 Å². The maximum atomic E-state index is 13.6. The molecule has 0 saturated heterocycles. The zero-order chi connectivity index (χ0) is 16.1. The van der Waals surface area contributed by atoms with Crippen LogP contribution in [0, 0.1) is 29.5 Å². The van der Waals surface area contributed by atoms with Crippen LogP contribution in [0.15, 0.2) is 23.3 Å². The monoisotopic (exact) mass is 302 g/mol. The zero-order valence-electron chi connectivity index (χ0n) is 13.7. The number of rotatable bonds is 2. The molecule has 0 aromatic heterocycles. The van der Waals surface area contributed by atoms with Gasteiger partial charge in [-0.3, -0.25) is 4.79 Å². The van der Waals surface area contributed by atoms with Crippen LogP contribution in [0.3, 0.4) is 0 Å². The smallest absolute Gasteiger partial charge is 0.267 e. The van der Waals surface area contributed by atoms with Crippen molar-refractivity contribution in [2.75, 3.05) is 0 Å². The molecular formula is C18H23FN2O. The summed E-state index contributed by atoms with van der Waals surface area (Å²) in [7, 11) is 0. The third-order valence-corrected chi connectivity index (χ3v) is 6.24. The van der Waals surface area contributed by atoms with Crippen molar-refractivity contribution in [1.82, 2.24) is 5.43 Å². The van der Waals surface area contributed by atoms with Gasteiger partial charge in [0.25, 0.3) is 5.91 Å². The lowest BCUT2D eigenvalue weighted by atomic mass is 9.70. The third kappa shape index (κ3) is 2.08. The quantitative estimate of drug-likeness (QED) is 0.822. The van der Waals surface area contributed by atoms with E-state index in [1.165, 1.54) is 12.5 Å². The Morgan fingerprint density at radius 1 is 1.36 bits per heavy atom. The summed E-state index contributed by atoms with van der Waals surface area (Å²) in [5, 5.41) is 4.40. The van der Waals surface area contributed by atoms with Crippen molar-refractivity contribution in [1.29, 1.82) is 0 Å². The summed E-state index contributed by atoms with van der Waals surface area (Å²) in [4.78, 5) is 12.2. The molecule has 118 valence electrons. The lowest BCUT2D eigenvalue weighted by Crippen LogP contribution is -2.34. The van der Waals surface area contributed by atoms with Crippen LogP contribution in [0.5, 0.6) is 0 Å². The molecule has 2 saturated carbocycles.